The number of nitrogens with zero attached hydrogens (tertiary/aromatic N) is 3. The van der Waals surface area contributed by atoms with E-state index in [-0.39, 0.29) is 6.61 Å². The molecule has 1 fully saturated rings. The molecule has 5 nitrogen and oxygen atoms in total. The van der Waals surface area contributed by atoms with Crippen LogP contribution in [-0.2, 0) is 6.42 Å². The Balaban J connectivity index is 1.55. The lowest BCUT2D eigenvalue weighted by atomic mass is 9.86. The molecular weight excluding hydrogens is 344 g/mol. The Kier molecular flexibility index (Phi) is 5.23. The number of aryl methyl sites for hydroxylation is 1. The number of hydrogen-bond donors (Lipinski definition) is 2. The number of aromatic nitrogens is 2. The van der Waals surface area contributed by atoms with Gasteiger partial charge in [0.05, 0.1) is 5.39 Å². The SMILES string of the molecule is C[N+](C)=CC1CCC(Nc2ncnc3sc4c(c23)C(CCO)CC4)CC1. The van der Waals surface area contributed by atoms with Crippen molar-refractivity contribution in [2.45, 2.75) is 56.9 Å². The average molecular weight is 374 g/mol. The maximum Gasteiger partial charge on any atom is 0.142 e. The average Bonchev–Trinajstić information content (AvgIpc) is 3.17. The monoisotopic (exact) mass is 373 g/mol. The third-order valence-electron chi connectivity index (χ3n) is 5.83. The van der Waals surface area contributed by atoms with Gasteiger partial charge in [-0.3, -0.25) is 0 Å². The number of aliphatic hydroxyl groups is 1. The van der Waals surface area contributed by atoms with Crippen LogP contribution >= 0.6 is 11.3 Å². The highest BCUT2D eigenvalue weighted by Crippen LogP contribution is 2.46. The van der Waals surface area contributed by atoms with Crippen LogP contribution in [-0.4, -0.2) is 52.6 Å². The van der Waals surface area contributed by atoms with Crippen molar-refractivity contribution >= 4 is 33.6 Å². The van der Waals surface area contributed by atoms with Crippen molar-refractivity contribution in [3.05, 3.63) is 16.8 Å². The molecule has 2 aliphatic rings. The molecular formula is C20H29N4OS+. The van der Waals surface area contributed by atoms with Crippen LogP contribution in [0, 0.1) is 5.92 Å². The molecule has 0 radical (unpaired) electrons. The van der Waals surface area contributed by atoms with E-state index in [1.165, 1.54) is 41.5 Å². The molecule has 2 aromatic rings. The number of rotatable bonds is 5. The summed E-state index contributed by atoms with van der Waals surface area (Å²) in [7, 11) is 4.23. The van der Waals surface area contributed by atoms with Gasteiger partial charge in [-0.1, -0.05) is 0 Å². The molecule has 1 unspecified atom stereocenters. The molecule has 2 N–H and O–H groups in total. The van der Waals surface area contributed by atoms with Gasteiger partial charge in [0, 0.05) is 23.4 Å². The van der Waals surface area contributed by atoms with Gasteiger partial charge in [0.2, 0.25) is 0 Å². The van der Waals surface area contributed by atoms with Crippen LogP contribution in [0.15, 0.2) is 6.33 Å². The Bertz CT molecular complexity index is 803. The zero-order valence-corrected chi connectivity index (χ0v) is 16.6. The summed E-state index contributed by atoms with van der Waals surface area (Å²) in [6.07, 6.45) is 12.0. The number of aliphatic hydroxyl groups excluding tert-OH is 1. The molecule has 4 rings (SSSR count). The first-order valence-corrected chi connectivity index (χ1v) is 10.6. The van der Waals surface area contributed by atoms with E-state index in [0.717, 1.165) is 29.9 Å². The van der Waals surface area contributed by atoms with Gasteiger partial charge in [-0.05, 0) is 56.4 Å². The number of nitrogens with one attached hydrogen (secondary N) is 1. The van der Waals surface area contributed by atoms with Crippen molar-refractivity contribution in [1.29, 1.82) is 0 Å². The van der Waals surface area contributed by atoms with Crippen LogP contribution in [0.3, 0.4) is 0 Å². The number of fused-ring (bicyclic) bond motifs is 3. The van der Waals surface area contributed by atoms with E-state index in [9.17, 15) is 5.11 Å². The standard InChI is InChI=1S/C20H29N4OS/c1-24(2)11-13-3-6-15(7-4-13)23-19-18-17-14(9-10-25)5-8-16(17)26-20(18)22-12-21-19/h11-15,25H,3-10H2,1-2H3,(H,21,22,23)/q+1. The minimum absolute atomic E-state index is 0.254. The molecule has 2 aromatic heterocycles. The zero-order valence-electron chi connectivity index (χ0n) is 15.7. The molecule has 0 saturated heterocycles. The summed E-state index contributed by atoms with van der Waals surface area (Å²) in [6.45, 7) is 0.254. The molecule has 2 heterocycles. The summed E-state index contributed by atoms with van der Waals surface area (Å²) in [5.41, 5.74) is 1.41. The minimum atomic E-state index is 0.254. The van der Waals surface area contributed by atoms with Crippen molar-refractivity contribution in [3.8, 4) is 0 Å². The smallest absolute Gasteiger partial charge is 0.142 e. The first-order valence-electron chi connectivity index (χ1n) is 9.80. The topological polar surface area (TPSA) is 61.0 Å². The van der Waals surface area contributed by atoms with E-state index >= 15 is 0 Å². The van der Waals surface area contributed by atoms with Crippen LogP contribution in [0.4, 0.5) is 5.82 Å². The van der Waals surface area contributed by atoms with Gasteiger partial charge in [-0.2, -0.15) is 0 Å². The van der Waals surface area contributed by atoms with Crippen molar-refractivity contribution in [2.75, 3.05) is 26.0 Å². The highest BCUT2D eigenvalue weighted by Gasteiger charge is 2.30. The van der Waals surface area contributed by atoms with Crippen LogP contribution < -0.4 is 5.32 Å². The molecule has 26 heavy (non-hydrogen) atoms. The van der Waals surface area contributed by atoms with Crippen LogP contribution in [0.2, 0.25) is 0 Å². The van der Waals surface area contributed by atoms with Gasteiger partial charge in [0.25, 0.3) is 0 Å². The third-order valence-corrected chi connectivity index (χ3v) is 7.00. The summed E-state index contributed by atoms with van der Waals surface area (Å²) in [5, 5.41) is 14.4. The number of hydrogen-bond acceptors (Lipinski definition) is 5. The summed E-state index contributed by atoms with van der Waals surface area (Å²) in [4.78, 5) is 11.7. The maximum atomic E-state index is 9.43. The Hall–Kier alpha value is -1.53. The Morgan fingerprint density at radius 2 is 2.04 bits per heavy atom. The van der Waals surface area contributed by atoms with E-state index in [2.05, 4.69) is 40.2 Å². The zero-order chi connectivity index (χ0) is 18.1. The van der Waals surface area contributed by atoms with E-state index in [1.54, 1.807) is 6.33 Å². The normalized spacial score (nSPS) is 25.3. The quantitative estimate of drug-likeness (QED) is 0.623. The Morgan fingerprint density at radius 3 is 2.77 bits per heavy atom. The summed E-state index contributed by atoms with van der Waals surface area (Å²) >= 11 is 1.82. The predicted molar refractivity (Wildman–Crippen MR) is 108 cm³/mol. The highest BCUT2D eigenvalue weighted by molar-refractivity contribution is 7.19. The predicted octanol–water partition coefficient (Wildman–Crippen LogP) is 3.42. The molecule has 2 aliphatic carbocycles. The molecule has 0 aromatic carbocycles. The highest BCUT2D eigenvalue weighted by atomic mass is 32.1. The largest absolute Gasteiger partial charge is 0.396 e. The molecule has 0 bridgehead atoms. The first kappa shape index (κ1) is 17.9. The first-order chi connectivity index (χ1) is 12.7. The van der Waals surface area contributed by atoms with E-state index in [1.807, 2.05) is 11.3 Å². The fourth-order valence-corrected chi connectivity index (χ4v) is 5.89. The second kappa shape index (κ2) is 7.61. The van der Waals surface area contributed by atoms with Crippen LogP contribution in [0.5, 0.6) is 0 Å². The molecule has 0 spiro atoms. The Labute approximate surface area is 159 Å². The molecule has 0 amide bonds. The van der Waals surface area contributed by atoms with E-state index < -0.39 is 0 Å². The number of thiophene rings is 1. The number of anilines is 1. The molecule has 6 heteroatoms. The summed E-state index contributed by atoms with van der Waals surface area (Å²) < 4.78 is 2.18. The Morgan fingerprint density at radius 1 is 1.23 bits per heavy atom. The lowest BCUT2D eigenvalue weighted by Gasteiger charge is -2.27. The van der Waals surface area contributed by atoms with Gasteiger partial charge >= 0.3 is 0 Å². The van der Waals surface area contributed by atoms with Gasteiger partial charge in [-0.15, -0.1) is 11.3 Å². The van der Waals surface area contributed by atoms with Crippen molar-refractivity contribution < 1.29 is 9.68 Å². The third kappa shape index (κ3) is 3.49. The minimum Gasteiger partial charge on any atom is -0.396 e. The van der Waals surface area contributed by atoms with E-state index in [4.69, 9.17) is 0 Å². The second-order valence-corrected chi connectivity index (χ2v) is 9.04. The van der Waals surface area contributed by atoms with Gasteiger partial charge in [0.15, 0.2) is 0 Å². The van der Waals surface area contributed by atoms with Gasteiger partial charge in [-0.25, -0.2) is 14.5 Å². The molecule has 1 saturated carbocycles. The maximum absolute atomic E-state index is 9.43. The van der Waals surface area contributed by atoms with Crippen LogP contribution in [0.1, 0.15) is 54.9 Å². The van der Waals surface area contributed by atoms with Gasteiger partial charge in [0.1, 0.15) is 37.3 Å². The van der Waals surface area contributed by atoms with Crippen molar-refractivity contribution in [3.63, 3.8) is 0 Å². The van der Waals surface area contributed by atoms with Crippen molar-refractivity contribution in [2.24, 2.45) is 5.92 Å². The summed E-state index contributed by atoms with van der Waals surface area (Å²) in [6, 6.07) is 0.494. The fraction of sp³-hybridized carbons (Fsp3) is 0.650. The lowest BCUT2D eigenvalue weighted by Crippen LogP contribution is -2.28. The lowest BCUT2D eigenvalue weighted by molar-refractivity contribution is -0.462. The van der Waals surface area contributed by atoms with Crippen molar-refractivity contribution in [1.82, 2.24) is 9.97 Å². The molecule has 1 atom stereocenters. The molecule has 0 aliphatic heterocycles. The second-order valence-electron chi connectivity index (χ2n) is 7.96. The van der Waals surface area contributed by atoms with E-state index in [0.29, 0.717) is 17.9 Å². The van der Waals surface area contributed by atoms with Gasteiger partial charge < -0.3 is 10.4 Å². The fourth-order valence-electron chi connectivity index (χ4n) is 4.65. The summed E-state index contributed by atoms with van der Waals surface area (Å²) in [5.74, 6) is 2.17. The molecule has 140 valence electrons. The van der Waals surface area contributed by atoms with Crippen LogP contribution in [0.25, 0.3) is 10.2 Å².